The molecule has 0 unspecified atom stereocenters. The Morgan fingerprint density at radius 2 is 1.62 bits per heavy atom. The second-order valence-electron chi connectivity index (χ2n) is 4.20. The van der Waals surface area contributed by atoms with E-state index < -0.39 is 30.0 Å². The Kier molecular flexibility index (Phi) is 8.51. The van der Waals surface area contributed by atoms with Gasteiger partial charge in [-0.2, -0.15) is 0 Å². The summed E-state index contributed by atoms with van der Waals surface area (Å²) in [6, 6.07) is -1.87. The van der Waals surface area contributed by atoms with Crippen molar-refractivity contribution in [2.24, 2.45) is 0 Å². The van der Waals surface area contributed by atoms with Crippen LogP contribution < -0.4 is 5.32 Å². The predicted molar refractivity (Wildman–Crippen MR) is 70.5 cm³/mol. The Balaban J connectivity index is 4.36. The van der Waals surface area contributed by atoms with Crippen LogP contribution in [0.2, 0.25) is 0 Å². The number of carboxylic acids is 1. The lowest BCUT2D eigenvalue weighted by Crippen LogP contribution is -2.47. The fourth-order valence-corrected chi connectivity index (χ4v) is 1.34. The number of hydrogen-bond donors (Lipinski definition) is 2. The van der Waals surface area contributed by atoms with Gasteiger partial charge in [-0.15, -0.1) is 0 Å². The zero-order valence-corrected chi connectivity index (χ0v) is 12.2. The molecule has 0 fully saturated rings. The monoisotopic (exact) mass is 304 g/mol. The third kappa shape index (κ3) is 7.75. The SMILES string of the molecule is COC(=O)CC[C@H](NC(=O)N(C)CCC(=O)OC)C(=O)O. The number of amides is 2. The molecule has 0 saturated carbocycles. The van der Waals surface area contributed by atoms with Gasteiger partial charge in [0.05, 0.1) is 20.6 Å². The lowest BCUT2D eigenvalue weighted by Gasteiger charge is -2.20. The molecule has 0 heterocycles. The van der Waals surface area contributed by atoms with Gasteiger partial charge in [-0.3, -0.25) is 9.59 Å². The summed E-state index contributed by atoms with van der Waals surface area (Å²) < 4.78 is 8.84. The number of nitrogens with one attached hydrogen (secondary N) is 1. The zero-order chi connectivity index (χ0) is 16.4. The topological polar surface area (TPSA) is 122 Å². The Bertz CT molecular complexity index is 397. The summed E-state index contributed by atoms with van der Waals surface area (Å²) in [5, 5.41) is 11.3. The largest absolute Gasteiger partial charge is 0.480 e. The van der Waals surface area contributed by atoms with Crippen molar-refractivity contribution in [3.05, 3.63) is 0 Å². The molecule has 0 aliphatic carbocycles. The zero-order valence-electron chi connectivity index (χ0n) is 12.2. The molecule has 9 nitrogen and oxygen atoms in total. The van der Waals surface area contributed by atoms with Crippen LogP contribution in [-0.2, 0) is 23.9 Å². The molecule has 120 valence electrons. The minimum absolute atomic E-state index is 0.000316. The van der Waals surface area contributed by atoms with Gasteiger partial charge in [-0.1, -0.05) is 0 Å². The smallest absolute Gasteiger partial charge is 0.326 e. The maximum atomic E-state index is 11.8. The summed E-state index contributed by atoms with van der Waals surface area (Å²) in [4.78, 5) is 45.9. The van der Waals surface area contributed by atoms with Gasteiger partial charge in [0.25, 0.3) is 0 Å². The van der Waals surface area contributed by atoms with Gasteiger partial charge < -0.3 is 24.8 Å². The van der Waals surface area contributed by atoms with Gasteiger partial charge in [-0.05, 0) is 6.42 Å². The van der Waals surface area contributed by atoms with E-state index in [-0.39, 0.29) is 25.8 Å². The molecule has 0 spiro atoms. The molecule has 0 aliphatic heterocycles. The van der Waals surface area contributed by atoms with E-state index in [0.717, 1.165) is 4.90 Å². The molecule has 0 rings (SSSR count). The number of carbonyl (C=O) groups is 4. The van der Waals surface area contributed by atoms with Gasteiger partial charge in [0.1, 0.15) is 6.04 Å². The van der Waals surface area contributed by atoms with Crippen molar-refractivity contribution in [3.63, 3.8) is 0 Å². The molecular weight excluding hydrogens is 284 g/mol. The lowest BCUT2D eigenvalue weighted by molar-refractivity contribution is -0.143. The summed E-state index contributed by atoms with van der Waals surface area (Å²) in [5.74, 6) is -2.29. The molecule has 21 heavy (non-hydrogen) atoms. The van der Waals surface area contributed by atoms with E-state index in [1.54, 1.807) is 0 Å². The molecule has 0 saturated heterocycles. The van der Waals surface area contributed by atoms with Crippen LogP contribution in [0.1, 0.15) is 19.3 Å². The van der Waals surface area contributed by atoms with Crippen LogP contribution in [0.5, 0.6) is 0 Å². The Morgan fingerprint density at radius 1 is 1.10 bits per heavy atom. The molecule has 0 aromatic rings. The van der Waals surface area contributed by atoms with Gasteiger partial charge in [0.15, 0.2) is 0 Å². The molecule has 2 N–H and O–H groups in total. The number of methoxy groups -OCH3 is 2. The van der Waals surface area contributed by atoms with Gasteiger partial charge in [0.2, 0.25) is 0 Å². The summed E-state index contributed by atoms with van der Waals surface area (Å²) in [5.41, 5.74) is 0. The first kappa shape index (κ1) is 18.7. The number of nitrogens with zero attached hydrogens (tertiary/aromatic N) is 1. The fraction of sp³-hybridized carbons (Fsp3) is 0.667. The maximum Gasteiger partial charge on any atom is 0.326 e. The summed E-state index contributed by atoms with van der Waals surface area (Å²) in [7, 11) is 3.84. The quantitative estimate of drug-likeness (QED) is 0.585. The van der Waals surface area contributed by atoms with Crippen LogP contribution in [0.15, 0.2) is 0 Å². The second kappa shape index (κ2) is 9.56. The van der Waals surface area contributed by atoms with Crippen molar-refractivity contribution in [2.45, 2.75) is 25.3 Å². The van der Waals surface area contributed by atoms with E-state index in [4.69, 9.17) is 5.11 Å². The Hall–Kier alpha value is -2.32. The standard InChI is InChI=1S/C12H20N2O7/c1-14(7-6-10(16)21-3)12(19)13-8(11(17)18)4-5-9(15)20-2/h8H,4-7H2,1-3H3,(H,13,19)(H,17,18)/t8-/m0/s1. The van der Waals surface area contributed by atoms with E-state index in [0.29, 0.717) is 0 Å². The maximum absolute atomic E-state index is 11.8. The van der Waals surface area contributed by atoms with E-state index >= 15 is 0 Å². The minimum atomic E-state index is -1.26. The number of hydrogen-bond acceptors (Lipinski definition) is 6. The van der Waals surface area contributed by atoms with E-state index in [2.05, 4.69) is 14.8 Å². The summed E-state index contributed by atoms with van der Waals surface area (Å²) in [6.45, 7) is 0.0852. The van der Waals surface area contributed by atoms with Crippen molar-refractivity contribution in [1.82, 2.24) is 10.2 Å². The highest BCUT2D eigenvalue weighted by Gasteiger charge is 2.23. The molecule has 0 aromatic carbocycles. The average Bonchev–Trinajstić information content (AvgIpc) is 2.47. The highest BCUT2D eigenvalue weighted by Crippen LogP contribution is 2.01. The number of carboxylic acid groups (broad SMARTS) is 1. The molecule has 1 atom stereocenters. The van der Waals surface area contributed by atoms with Gasteiger partial charge in [-0.25, -0.2) is 9.59 Å². The Morgan fingerprint density at radius 3 is 2.10 bits per heavy atom. The van der Waals surface area contributed by atoms with E-state index in [1.165, 1.54) is 21.3 Å². The van der Waals surface area contributed by atoms with E-state index in [9.17, 15) is 19.2 Å². The number of esters is 2. The first-order chi connectivity index (χ1) is 9.81. The first-order valence-corrected chi connectivity index (χ1v) is 6.19. The van der Waals surface area contributed by atoms with Crippen molar-refractivity contribution in [1.29, 1.82) is 0 Å². The van der Waals surface area contributed by atoms with Crippen molar-refractivity contribution >= 4 is 23.9 Å². The highest BCUT2D eigenvalue weighted by atomic mass is 16.5. The van der Waals surface area contributed by atoms with E-state index in [1.807, 2.05) is 0 Å². The van der Waals surface area contributed by atoms with Crippen LogP contribution in [0.3, 0.4) is 0 Å². The van der Waals surface area contributed by atoms with Crippen LogP contribution in [0.25, 0.3) is 0 Å². The number of urea groups is 1. The second-order valence-corrected chi connectivity index (χ2v) is 4.20. The number of rotatable bonds is 8. The van der Waals surface area contributed by atoms with Crippen molar-refractivity contribution in [3.8, 4) is 0 Å². The molecule has 0 aromatic heterocycles. The summed E-state index contributed by atoms with van der Waals surface area (Å²) in [6.07, 6.45) is -0.210. The van der Waals surface area contributed by atoms with Crippen molar-refractivity contribution < 1.29 is 33.8 Å². The van der Waals surface area contributed by atoms with Crippen LogP contribution in [0.4, 0.5) is 4.79 Å². The third-order valence-corrected chi connectivity index (χ3v) is 2.69. The molecule has 0 radical (unpaired) electrons. The predicted octanol–water partition coefficient (Wildman–Crippen LogP) is -0.403. The highest BCUT2D eigenvalue weighted by molar-refractivity contribution is 5.83. The lowest BCUT2D eigenvalue weighted by atomic mass is 10.1. The number of carbonyl (C=O) groups excluding carboxylic acids is 3. The molecule has 9 heteroatoms. The normalized spacial score (nSPS) is 11.2. The third-order valence-electron chi connectivity index (χ3n) is 2.69. The average molecular weight is 304 g/mol. The van der Waals surface area contributed by atoms with Crippen LogP contribution in [-0.4, -0.2) is 67.8 Å². The molecule has 0 aliphatic rings. The first-order valence-electron chi connectivity index (χ1n) is 6.19. The van der Waals surface area contributed by atoms with Gasteiger partial charge >= 0.3 is 23.9 Å². The van der Waals surface area contributed by atoms with Crippen LogP contribution in [0, 0.1) is 0 Å². The van der Waals surface area contributed by atoms with Crippen molar-refractivity contribution in [2.75, 3.05) is 27.8 Å². The molecular formula is C12H20N2O7. The summed E-state index contributed by atoms with van der Waals surface area (Å²) >= 11 is 0. The minimum Gasteiger partial charge on any atom is -0.480 e. The Labute approximate surface area is 122 Å². The van der Waals surface area contributed by atoms with Crippen LogP contribution >= 0.6 is 0 Å². The fourth-order valence-electron chi connectivity index (χ4n) is 1.34. The van der Waals surface area contributed by atoms with Gasteiger partial charge in [0, 0.05) is 20.0 Å². The molecule has 2 amide bonds. The number of aliphatic carboxylic acids is 1. The molecule has 0 bridgehead atoms. The number of ether oxygens (including phenoxy) is 2.